The average Bonchev–Trinajstić information content (AvgIpc) is 2.85. The molecule has 1 N–H and O–H groups in total. The first-order chi connectivity index (χ1) is 9.67. The van der Waals surface area contributed by atoms with Crippen LogP contribution in [0.3, 0.4) is 0 Å². The zero-order valence-corrected chi connectivity index (χ0v) is 12.6. The van der Waals surface area contributed by atoms with Gasteiger partial charge in [0.15, 0.2) is 0 Å². The number of carbonyl (C=O) groups is 1. The number of ether oxygens (including phenoxy) is 1. The fourth-order valence-electron chi connectivity index (χ4n) is 2.72. The van der Waals surface area contributed by atoms with Crippen LogP contribution in [0.15, 0.2) is 24.3 Å². The number of carbonyl (C=O) groups excluding carboxylic acids is 1. The SMILES string of the molecule is CCC1CC(=O)N(CC(NC)c2ccc(OC)cc2)C1. The van der Waals surface area contributed by atoms with E-state index in [1.807, 2.05) is 24.1 Å². The van der Waals surface area contributed by atoms with Crippen LogP contribution in [0.5, 0.6) is 5.75 Å². The molecule has 0 spiro atoms. The summed E-state index contributed by atoms with van der Waals surface area (Å²) in [4.78, 5) is 14.0. The minimum Gasteiger partial charge on any atom is -0.497 e. The van der Waals surface area contributed by atoms with Gasteiger partial charge in [-0.1, -0.05) is 25.5 Å². The first kappa shape index (κ1) is 14.9. The number of amides is 1. The zero-order valence-electron chi connectivity index (χ0n) is 12.6. The minimum atomic E-state index is 0.167. The van der Waals surface area contributed by atoms with Crippen molar-refractivity contribution in [2.75, 3.05) is 27.2 Å². The number of likely N-dealkylation sites (tertiary alicyclic amines) is 1. The van der Waals surface area contributed by atoms with Crippen molar-refractivity contribution in [3.8, 4) is 5.75 Å². The number of nitrogens with one attached hydrogen (secondary N) is 1. The molecule has 1 fully saturated rings. The Morgan fingerprint density at radius 2 is 2.10 bits per heavy atom. The fourth-order valence-corrected chi connectivity index (χ4v) is 2.72. The van der Waals surface area contributed by atoms with Gasteiger partial charge in [-0.2, -0.15) is 0 Å². The first-order valence-corrected chi connectivity index (χ1v) is 7.26. The van der Waals surface area contributed by atoms with Crippen LogP contribution in [-0.4, -0.2) is 38.1 Å². The Kier molecular flexibility index (Phi) is 5.01. The predicted octanol–water partition coefficient (Wildman–Crippen LogP) is 2.21. The van der Waals surface area contributed by atoms with Gasteiger partial charge in [-0.05, 0) is 30.7 Å². The molecule has 0 aliphatic carbocycles. The van der Waals surface area contributed by atoms with Crippen molar-refractivity contribution in [3.05, 3.63) is 29.8 Å². The second-order valence-electron chi connectivity index (χ2n) is 5.39. The molecule has 1 saturated heterocycles. The van der Waals surface area contributed by atoms with E-state index < -0.39 is 0 Å². The quantitative estimate of drug-likeness (QED) is 0.866. The number of hydrogen-bond acceptors (Lipinski definition) is 3. The Balaban J connectivity index is 2.03. The molecule has 4 nitrogen and oxygen atoms in total. The highest BCUT2D eigenvalue weighted by Gasteiger charge is 2.29. The number of hydrogen-bond donors (Lipinski definition) is 1. The average molecular weight is 276 g/mol. The molecule has 20 heavy (non-hydrogen) atoms. The molecule has 1 amide bonds. The van der Waals surface area contributed by atoms with Crippen LogP contribution in [0.1, 0.15) is 31.4 Å². The lowest BCUT2D eigenvalue weighted by Crippen LogP contribution is -2.34. The topological polar surface area (TPSA) is 41.6 Å². The Hall–Kier alpha value is -1.55. The van der Waals surface area contributed by atoms with Crippen LogP contribution in [0, 0.1) is 5.92 Å². The van der Waals surface area contributed by atoms with Gasteiger partial charge in [0, 0.05) is 25.6 Å². The molecule has 0 radical (unpaired) electrons. The van der Waals surface area contributed by atoms with Gasteiger partial charge in [-0.25, -0.2) is 0 Å². The number of likely N-dealkylation sites (N-methyl/N-ethyl adjacent to an activating group) is 1. The summed E-state index contributed by atoms with van der Waals surface area (Å²) in [5, 5.41) is 3.30. The molecule has 1 heterocycles. The maximum absolute atomic E-state index is 12.0. The third kappa shape index (κ3) is 3.31. The molecule has 2 atom stereocenters. The number of rotatable bonds is 6. The van der Waals surface area contributed by atoms with Crippen molar-refractivity contribution in [2.24, 2.45) is 5.92 Å². The molecular formula is C16H24N2O2. The molecule has 2 rings (SSSR count). The van der Waals surface area contributed by atoms with Gasteiger partial charge in [0.25, 0.3) is 0 Å². The Labute approximate surface area is 121 Å². The van der Waals surface area contributed by atoms with E-state index in [-0.39, 0.29) is 11.9 Å². The molecule has 1 aliphatic rings. The summed E-state index contributed by atoms with van der Waals surface area (Å²) in [6.07, 6.45) is 1.78. The second-order valence-corrected chi connectivity index (χ2v) is 5.39. The molecule has 1 aromatic carbocycles. The van der Waals surface area contributed by atoms with Crippen molar-refractivity contribution in [1.82, 2.24) is 10.2 Å². The van der Waals surface area contributed by atoms with Gasteiger partial charge < -0.3 is 15.0 Å². The van der Waals surface area contributed by atoms with Crippen molar-refractivity contribution in [2.45, 2.75) is 25.8 Å². The van der Waals surface area contributed by atoms with Crippen molar-refractivity contribution >= 4 is 5.91 Å². The second kappa shape index (κ2) is 6.75. The van der Waals surface area contributed by atoms with Crippen molar-refractivity contribution < 1.29 is 9.53 Å². The van der Waals surface area contributed by atoms with E-state index in [0.717, 1.165) is 25.3 Å². The van der Waals surface area contributed by atoms with Gasteiger partial charge in [-0.15, -0.1) is 0 Å². The van der Waals surface area contributed by atoms with E-state index in [1.54, 1.807) is 7.11 Å². The molecule has 0 bridgehead atoms. The molecule has 110 valence electrons. The first-order valence-electron chi connectivity index (χ1n) is 7.26. The normalized spacial score (nSPS) is 20.2. The molecular weight excluding hydrogens is 252 g/mol. The summed E-state index contributed by atoms with van der Waals surface area (Å²) in [7, 11) is 3.60. The summed E-state index contributed by atoms with van der Waals surface area (Å²) >= 11 is 0. The lowest BCUT2D eigenvalue weighted by Gasteiger charge is -2.24. The lowest BCUT2D eigenvalue weighted by atomic mass is 10.1. The molecule has 2 unspecified atom stereocenters. The highest BCUT2D eigenvalue weighted by molar-refractivity contribution is 5.78. The van der Waals surface area contributed by atoms with E-state index in [4.69, 9.17) is 4.74 Å². The third-order valence-corrected chi connectivity index (χ3v) is 4.14. The van der Waals surface area contributed by atoms with Gasteiger partial charge in [-0.3, -0.25) is 4.79 Å². The predicted molar refractivity (Wildman–Crippen MR) is 79.8 cm³/mol. The standard InChI is InChI=1S/C16H24N2O2/c1-4-12-9-16(19)18(10-12)11-15(17-2)13-5-7-14(20-3)8-6-13/h5-8,12,15,17H,4,9-11H2,1-3H3. The maximum atomic E-state index is 12.0. The molecule has 1 aromatic rings. The smallest absolute Gasteiger partial charge is 0.222 e. The lowest BCUT2D eigenvalue weighted by molar-refractivity contribution is -0.128. The zero-order chi connectivity index (χ0) is 14.5. The summed E-state index contributed by atoms with van der Waals surface area (Å²) in [5.41, 5.74) is 1.18. The largest absolute Gasteiger partial charge is 0.497 e. The van der Waals surface area contributed by atoms with E-state index in [1.165, 1.54) is 5.56 Å². The van der Waals surface area contributed by atoms with Crippen LogP contribution in [0.4, 0.5) is 0 Å². The monoisotopic (exact) mass is 276 g/mol. The summed E-state index contributed by atoms with van der Waals surface area (Å²) in [6.45, 7) is 3.78. The Morgan fingerprint density at radius 1 is 1.40 bits per heavy atom. The fraction of sp³-hybridized carbons (Fsp3) is 0.562. The van der Waals surface area contributed by atoms with Crippen molar-refractivity contribution in [3.63, 3.8) is 0 Å². The molecule has 1 aliphatic heterocycles. The van der Waals surface area contributed by atoms with E-state index in [0.29, 0.717) is 12.3 Å². The van der Waals surface area contributed by atoms with Crippen LogP contribution in [-0.2, 0) is 4.79 Å². The maximum Gasteiger partial charge on any atom is 0.222 e. The molecule has 0 aromatic heterocycles. The summed E-state index contributed by atoms with van der Waals surface area (Å²) in [5.74, 6) is 1.66. The van der Waals surface area contributed by atoms with Crippen LogP contribution < -0.4 is 10.1 Å². The molecule has 4 heteroatoms. The van der Waals surface area contributed by atoms with E-state index in [2.05, 4.69) is 24.4 Å². The number of methoxy groups -OCH3 is 1. The minimum absolute atomic E-state index is 0.167. The van der Waals surface area contributed by atoms with E-state index >= 15 is 0 Å². The van der Waals surface area contributed by atoms with Gasteiger partial charge in [0.2, 0.25) is 5.91 Å². The summed E-state index contributed by atoms with van der Waals surface area (Å²) < 4.78 is 5.18. The Morgan fingerprint density at radius 3 is 2.60 bits per heavy atom. The summed E-state index contributed by atoms with van der Waals surface area (Å²) in [6, 6.07) is 8.19. The highest BCUT2D eigenvalue weighted by atomic mass is 16.5. The molecule has 0 saturated carbocycles. The van der Waals surface area contributed by atoms with Crippen LogP contribution >= 0.6 is 0 Å². The van der Waals surface area contributed by atoms with Gasteiger partial charge in [0.05, 0.1) is 7.11 Å². The third-order valence-electron chi connectivity index (χ3n) is 4.14. The van der Waals surface area contributed by atoms with Crippen LogP contribution in [0.25, 0.3) is 0 Å². The number of nitrogens with zero attached hydrogens (tertiary/aromatic N) is 1. The van der Waals surface area contributed by atoms with Gasteiger partial charge >= 0.3 is 0 Å². The highest BCUT2D eigenvalue weighted by Crippen LogP contribution is 2.24. The van der Waals surface area contributed by atoms with E-state index in [9.17, 15) is 4.79 Å². The van der Waals surface area contributed by atoms with Crippen LogP contribution in [0.2, 0.25) is 0 Å². The number of benzene rings is 1. The Bertz CT molecular complexity index is 444. The van der Waals surface area contributed by atoms with Gasteiger partial charge in [0.1, 0.15) is 5.75 Å². The van der Waals surface area contributed by atoms with Crippen molar-refractivity contribution in [1.29, 1.82) is 0 Å².